The van der Waals surface area contributed by atoms with Gasteiger partial charge in [-0.1, -0.05) is 35.9 Å². The van der Waals surface area contributed by atoms with Crippen molar-refractivity contribution in [3.8, 4) is 0 Å². The van der Waals surface area contributed by atoms with Crippen LogP contribution in [0.2, 0.25) is 0 Å². The fourth-order valence-electron chi connectivity index (χ4n) is 3.10. The Kier molecular flexibility index (Phi) is 5.83. The third-order valence-corrected chi connectivity index (χ3v) is 4.51. The van der Waals surface area contributed by atoms with Gasteiger partial charge in [0, 0.05) is 31.1 Å². The van der Waals surface area contributed by atoms with Crippen LogP contribution in [0.1, 0.15) is 36.7 Å². The van der Waals surface area contributed by atoms with Crippen molar-refractivity contribution in [1.82, 2.24) is 14.5 Å². The highest BCUT2D eigenvalue weighted by atomic mass is 16.5. The first kappa shape index (κ1) is 16.9. The van der Waals surface area contributed by atoms with Crippen LogP contribution in [0.5, 0.6) is 0 Å². The molecule has 0 unspecified atom stereocenters. The van der Waals surface area contributed by atoms with Gasteiger partial charge in [0.2, 0.25) is 0 Å². The summed E-state index contributed by atoms with van der Waals surface area (Å²) in [6, 6.07) is 8.69. The van der Waals surface area contributed by atoms with Gasteiger partial charge in [0.05, 0.1) is 0 Å². The first-order chi connectivity index (χ1) is 11.8. The standard InChI is InChI=1S/C20H27N3O/c1-3-24-16-23-15-11-21-20(23)19(10-14-22-12-4-5-13-22)18-8-6-17(2)7-9-18/h6-11,15H,3-5,12-14,16H2,1-2H3/b19-10-. The lowest BCUT2D eigenvalue weighted by Gasteiger charge is -2.15. The number of imidazole rings is 1. The van der Waals surface area contributed by atoms with Crippen LogP contribution in [-0.2, 0) is 11.5 Å². The van der Waals surface area contributed by atoms with Gasteiger partial charge in [-0.15, -0.1) is 0 Å². The van der Waals surface area contributed by atoms with Gasteiger partial charge in [0.1, 0.15) is 12.6 Å². The Morgan fingerprint density at radius 3 is 2.67 bits per heavy atom. The highest BCUT2D eigenvalue weighted by Gasteiger charge is 2.14. The second-order valence-electron chi connectivity index (χ2n) is 6.33. The number of hydrogen-bond acceptors (Lipinski definition) is 3. The topological polar surface area (TPSA) is 30.3 Å². The molecule has 2 heterocycles. The van der Waals surface area contributed by atoms with E-state index in [-0.39, 0.29) is 0 Å². The molecule has 2 aromatic rings. The molecule has 0 saturated carbocycles. The molecule has 128 valence electrons. The summed E-state index contributed by atoms with van der Waals surface area (Å²) in [5.41, 5.74) is 3.67. The Balaban J connectivity index is 1.90. The van der Waals surface area contributed by atoms with E-state index in [0.29, 0.717) is 13.3 Å². The van der Waals surface area contributed by atoms with Crippen LogP contribution in [0, 0.1) is 6.92 Å². The molecule has 4 nitrogen and oxygen atoms in total. The lowest BCUT2D eigenvalue weighted by atomic mass is 10.0. The van der Waals surface area contributed by atoms with Crippen molar-refractivity contribution < 1.29 is 4.74 Å². The molecule has 0 radical (unpaired) electrons. The number of likely N-dealkylation sites (tertiary alicyclic amines) is 1. The van der Waals surface area contributed by atoms with Crippen molar-refractivity contribution in [3.05, 3.63) is 59.7 Å². The maximum atomic E-state index is 5.59. The Hall–Kier alpha value is -1.91. The molecular formula is C20H27N3O. The summed E-state index contributed by atoms with van der Waals surface area (Å²) in [5, 5.41) is 0. The van der Waals surface area contributed by atoms with Crippen molar-refractivity contribution >= 4 is 5.57 Å². The number of nitrogens with zero attached hydrogens (tertiary/aromatic N) is 3. The van der Waals surface area contributed by atoms with Gasteiger partial charge in [-0.3, -0.25) is 4.90 Å². The number of aromatic nitrogens is 2. The molecule has 0 spiro atoms. The smallest absolute Gasteiger partial charge is 0.142 e. The molecule has 1 aromatic heterocycles. The second-order valence-corrected chi connectivity index (χ2v) is 6.33. The molecule has 0 aliphatic carbocycles. The molecule has 1 saturated heterocycles. The van der Waals surface area contributed by atoms with E-state index in [4.69, 9.17) is 4.74 Å². The van der Waals surface area contributed by atoms with Gasteiger partial charge in [-0.2, -0.15) is 0 Å². The molecule has 0 amide bonds. The summed E-state index contributed by atoms with van der Waals surface area (Å²) in [4.78, 5) is 7.11. The molecule has 4 heteroatoms. The average molecular weight is 325 g/mol. The Morgan fingerprint density at radius 1 is 1.21 bits per heavy atom. The van der Waals surface area contributed by atoms with Crippen LogP contribution in [0.4, 0.5) is 0 Å². The fourth-order valence-corrected chi connectivity index (χ4v) is 3.10. The second kappa shape index (κ2) is 8.27. The zero-order chi connectivity index (χ0) is 16.8. The monoisotopic (exact) mass is 325 g/mol. The Morgan fingerprint density at radius 2 is 1.96 bits per heavy atom. The number of benzene rings is 1. The molecule has 0 N–H and O–H groups in total. The maximum Gasteiger partial charge on any atom is 0.142 e. The van der Waals surface area contributed by atoms with Crippen molar-refractivity contribution in [2.75, 3.05) is 26.2 Å². The number of ether oxygens (including phenoxy) is 1. The molecule has 0 bridgehead atoms. The molecule has 1 aliphatic heterocycles. The van der Waals surface area contributed by atoms with E-state index in [0.717, 1.165) is 12.4 Å². The van der Waals surface area contributed by atoms with E-state index in [1.165, 1.54) is 42.6 Å². The summed E-state index contributed by atoms with van der Waals surface area (Å²) in [6.45, 7) is 8.75. The Bertz CT molecular complexity index is 666. The predicted molar refractivity (Wildman–Crippen MR) is 97.8 cm³/mol. The number of rotatable bonds is 7. The van der Waals surface area contributed by atoms with Crippen LogP contribution in [-0.4, -0.2) is 40.7 Å². The highest BCUT2D eigenvalue weighted by molar-refractivity contribution is 5.76. The molecule has 1 aliphatic rings. The van der Waals surface area contributed by atoms with E-state index in [1.54, 1.807) is 0 Å². The van der Waals surface area contributed by atoms with Gasteiger partial charge < -0.3 is 9.30 Å². The van der Waals surface area contributed by atoms with Crippen LogP contribution in [0.15, 0.2) is 42.7 Å². The van der Waals surface area contributed by atoms with Gasteiger partial charge in [0.15, 0.2) is 0 Å². The quantitative estimate of drug-likeness (QED) is 0.777. The van der Waals surface area contributed by atoms with E-state index >= 15 is 0 Å². The molecule has 0 atom stereocenters. The summed E-state index contributed by atoms with van der Waals surface area (Å²) in [5.74, 6) is 0.978. The van der Waals surface area contributed by atoms with E-state index in [9.17, 15) is 0 Å². The lowest BCUT2D eigenvalue weighted by Crippen LogP contribution is -2.19. The van der Waals surface area contributed by atoms with Gasteiger partial charge in [-0.05, 0) is 45.3 Å². The first-order valence-corrected chi connectivity index (χ1v) is 8.86. The third-order valence-electron chi connectivity index (χ3n) is 4.51. The predicted octanol–water partition coefficient (Wildman–Crippen LogP) is 3.71. The van der Waals surface area contributed by atoms with Crippen LogP contribution in [0.25, 0.3) is 5.57 Å². The van der Waals surface area contributed by atoms with Crippen molar-refractivity contribution in [1.29, 1.82) is 0 Å². The largest absolute Gasteiger partial charge is 0.361 e. The van der Waals surface area contributed by atoms with Gasteiger partial charge >= 0.3 is 0 Å². The summed E-state index contributed by atoms with van der Waals surface area (Å²) < 4.78 is 7.67. The lowest BCUT2D eigenvalue weighted by molar-refractivity contribution is 0.0872. The summed E-state index contributed by atoms with van der Waals surface area (Å²) in [7, 11) is 0. The number of aryl methyl sites for hydroxylation is 1. The normalized spacial score (nSPS) is 16.0. The molecule has 1 fully saturated rings. The first-order valence-electron chi connectivity index (χ1n) is 8.86. The van der Waals surface area contributed by atoms with E-state index < -0.39 is 0 Å². The maximum absolute atomic E-state index is 5.59. The summed E-state index contributed by atoms with van der Waals surface area (Å²) >= 11 is 0. The summed E-state index contributed by atoms with van der Waals surface area (Å²) in [6.07, 6.45) is 8.79. The minimum absolute atomic E-state index is 0.540. The van der Waals surface area contributed by atoms with Gasteiger partial charge in [0.25, 0.3) is 0 Å². The third kappa shape index (κ3) is 4.13. The molecule has 3 rings (SSSR count). The van der Waals surface area contributed by atoms with E-state index in [2.05, 4.69) is 51.7 Å². The zero-order valence-corrected chi connectivity index (χ0v) is 14.7. The highest BCUT2D eigenvalue weighted by Crippen LogP contribution is 2.23. The molecular weight excluding hydrogens is 298 g/mol. The van der Waals surface area contributed by atoms with Crippen LogP contribution < -0.4 is 0 Å². The van der Waals surface area contributed by atoms with Crippen LogP contribution in [0.3, 0.4) is 0 Å². The zero-order valence-electron chi connectivity index (χ0n) is 14.7. The van der Waals surface area contributed by atoms with E-state index in [1.807, 2.05) is 19.3 Å². The SMILES string of the molecule is CCOCn1ccnc1/C(=C\CN1CCCC1)c1ccc(C)cc1. The number of hydrogen-bond donors (Lipinski definition) is 0. The van der Waals surface area contributed by atoms with Crippen molar-refractivity contribution in [3.63, 3.8) is 0 Å². The average Bonchev–Trinajstić information content (AvgIpc) is 3.27. The van der Waals surface area contributed by atoms with Crippen molar-refractivity contribution in [2.45, 2.75) is 33.4 Å². The minimum atomic E-state index is 0.540. The van der Waals surface area contributed by atoms with Gasteiger partial charge in [-0.25, -0.2) is 4.98 Å². The van der Waals surface area contributed by atoms with Crippen molar-refractivity contribution in [2.24, 2.45) is 0 Å². The van der Waals surface area contributed by atoms with Crippen LogP contribution >= 0.6 is 0 Å². The Labute approximate surface area is 144 Å². The minimum Gasteiger partial charge on any atom is -0.361 e. The fraction of sp³-hybridized carbons (Fsp3) is 0.450. The molecule has 1 aromatic carbocycles. The molecule has 24 heavy (non-hydrogen) atoms.